The lowest BCUT2D eigenvalue weighted by atomic mass is 9.64. The van der Waals surface area contributed by atoms with Gasteiger partial charge in [0.05, 0.1) is 27.8 Å². The van der Waals surface area contributed by atoms with Gasteiger partial charge < -0.3 is 14.4 Å². The summed E-state index contributed by atoms with van der Waals surface area (Å²) in [5, 5.41) is 2.52. The van der Waals surface area contributed by atoms with Crippen LogP contribution >= 0.6 is 0 Å². The molecule has 1 spiro atoms. The summed E-state index contributed by atoms with van der Waals surface area (Å²) in [5.74, 6) is 0. The van der Waals surface area contributed by atoms with Gasteiger partial charge in [0, 0.05) is 39.2 Å². The Morgan fingerprint density at radius 2 is 0.793 bits per heavy atom. The van der Waals surface area contributed by atoms with Gasteiger partial charge in [0.1, 0.15) is 0 Å². The molecule has 0 saturated heterocycles. The minimum Gasteiger partial charge on any atom is -0.310 e. The first kappa shape index (κ1) is 32.6. The Balaban J connectivity index is 1.18. The Hall–Kier alpha value is -7.62. The van der Waals surface area contributed by atoms with Gasteiger partial charge in [-0.05, 0) is 118 Å². The average Bonchev–Trinajstić information content (AvgIpc) is 3.78. The molecule has 10 aromatic rings. The van der Waals surface area contributed by atoms with E-state index in [0.29, 0.717) is 0 Å². The normalized spacial score (nSPS) is 13.3. The zero-order valence-electron chi connectivity index (χ0n) is 31.7. The molecule has 12 rings (SSSR count). The van der Waals surface area contributed by atoms with Gasteiger partial charge in [-0.25, -0.2) is 0 Å². The second kappa shape index (κ2) is 12.7. The summed E-state index contributed by atoms with van der Waals surface area (Å²) in [6.45, 7) is 0. The van der Waals surface area contributed by atoms with Crippen molar-refractivity contribution in [1.29, 1.82) is 0 Å². The molecular formula is C55H37N3. The summed E-state index contributed by atoms with van der Waals surface area (Å²) in [6, 6.07) is 82.3. The van der Waals surface area contributed by atoms with Crippen molar-refractivity contribution < 1.29 is 0 Å². The SMILES string of the molecule is c1ccc(N(c2ccccc2)c2ccc3c(c2)-c2cc(-n4c5ccccc5c5ccccc54)ccc2C32c3ccccc3N(c3ccccc3)c3ccccc32)cc1. The lowest BCUT2D eigenvalue weighted by molar-refractivity contribution is 0.752. The molecule has 0 fully saturated rings. The molecule has 2 heterocycles. The van der Waals surface area contributed by atoms with Crippen LogP contribution in [0.15, 0.2) is 224 Å². The molecule has 2 aliphatic rings. The van der Waals surface area contributed by atoms with Gasteiger partial charge >= 0.3 is 0 Å². The molecule has 0 bridgehead atoms. The molecule has 1 aliphatic carbocycles. The number of benzene rings is 9. The maximum atomic E-state index is 2.45. The maximum absolute atomic E-state index is 2.45. The van der Waals surface area contributed by atoms with E-state index >= 15 is 0 Å². The number of fused-ring (bicyclic) bond motifs is 12. The quantitative estimate of drug-likeness (QED) is 0.174. The van der Waals surface area contributed by atoms with E-state index in [1.165, 1.54) is 66.6 Å². The van der Waals surface area contributed by atoms with Crippen LogP contribution in [-0.4, -0.2) is 4.57 Å². The predicted molar refractivity (Wildman–Crippen MR) is 241 cm³/mol. The lowest BCUT2D eigenvalue weighted by Crippen LogP contribution is -2.36. The van der Waals surface area contributed by atoms with E-state index in [-0.39, 0.29) is 0 Å². The van der Waals surface area contributed by atoms with E-state index in [1.807, 2.05) is 0 Å². The molecule has 3 heteroatoms. The fraction of sp³-hybridized carbons (Fsp3) is 0.0182. The van der Waals surface area contributed by atoms with Crippen molar-refractivity contribution in [2.75, 3.05) is 9.80 Å². The van der Waals surface area contributed by atoms with Crippen LogP contribution in [0, 0.1) is 0 Å². The summed E-state index contributed by atoms with van der Waals surface area (Å²) in [4.78, 5) is 4.82. The van der Waals surface area contributed by atoms with Crippen LogP contribution in [0.4, 0.5) is 34.1 Å². The van der Waals surface area contributed by atoms with Gasteiger partial charge in [-0.15, -0.1) is 0 Å². The van der Waals surface area contributed by atoms with Crippen molar-refractivity contribution in [2.24, 2.45) is 0 Å². The Morgan fingerprint density at radius 3 is 1.38 bits per heavy atom. The highest BCUT2D eigenvalue weighted by Crippen LogP contribution is 2.64. The van der Waals surface area contributed by atoms with Crippen LogP contribution in [0.3, 0.4) is 0 Å². The van der Waals surface area contributed by atoms with Gasteiger partial charge in [-0.1, -0.05) is 140 Å². The van der Waals surface area contributed by atoms with Crippen molar-refractivity contribution in [2.45, 2.75) is 5.41 Å². The van der Waals surface area contributed by atoms with Gasteiger partial charge in [0.15, 0.2) is 0 Å². The number of rotatable bonds is 5. The molecule has 3 nitrogen and oxygen atoms in total. The summed E-state index contributed by atoms with van der Waals surface area (Å²) in [5.41, 5.74) is 17.5. The Labute approximate surface area is 337 Å². The van der Waals surface area contributed by atoms with Crippen LogP contribution in [0.1, 0.15) is 22.3 Å². The largest absolute Gasteiger partial charge is 0.310 e. The third-order valence-corrected chi connectivity index (χ3v) is 12.3. The van der Waals surface area contributed by atoms with Crippen molar-refractivity contribution in [3.63, 3.8) is 0 Å². The lowest BCUT2D eigenvalue weighted by Gasteiger charge is -2.45. The van der Waals surface area contributed by atoms with Crippen molar-refractivity contribution in [3.8, 4) is 16.8 Å². The van der Waals surface area contributed by atoms with Gasteiger partial charge in [-0.2, -0.15) is 0 Å². The van der Waals surface area contributed by atoms with E-state index in [9.17, 15) is 0 Å². The van der Waals surface area contributed by atoms with Gasteiger partial charge in [0.2, 0.25) is 0 Å². The van der Waals surface area contributed by atoms with Crippen LogP contribution in [0.25, 0.3) is 38.6 Å². The minimum atomic E-state index is -0.564. The third kappa shape index (κ3) is 4.56. The Kier molecular flexibility index (Phi) is 7.14. The van der Waals surface area contributed by atoms with Gasteiger partial charge in [0.25, 0.3) is 0 Å². The third-order valence-electron chi connectivity index (χ3n) is 12.3. The molecule has 1 aliphatic heterocycles. The highest BCUT2D eigenvalue weighted by Gasteiger charge is 2.52. The van der Waals surface area contributed by atoms with E-state index in [0.717, 1.165) is 28.4 Å². The molecule has 0 saturated carbocycles. The zero-order valence-corrected chi connectivity index (χ0v) is 31.7. The molecule has 272 valence electrons. The number of aromatic nitrogens is 1. The molecule has 9 aromatic carbocycles. The number of hydrogen-bond acceptors (Lipinski definition) is 2. The summed E-state index contributed by atoms with van der Waals surface area (Å²) < 4.78 is 2.44. The first-order valence-electron chi connectivity index (χ1n) is 20.0. The topological polar surface area (TPSA) is 11.4 Å². The average molecular weight is 740 g/mol. The predicted octanol–water partition coefficient (Wildman–Crippen LogP) is 14.4. The van der Waals surface area contributed by atoms with Crippen LogP contribution < -0.4 is 9.80 Å². The van der Waals surface area contributed by atoms with E-state index < -0.39 is 5.41 Å². The number of para-hydroxylation sites is 7. The summed E-state index contributed by atoms with van der Waals surface area (Å²) >= 11 is 0. The highest BCUT2D eigenvalue weighted by atomic mass is 15.2. The first-order valence-corrected chi connectivity index (χ1v) is 20.0. The molecule has 58 heavy (non-hydrogen) atoms. The number of nitrogens with zero attached hydrogens (tertiary/aromatic N) is 3. The van der Waals surface area contributed by atoms with Crippen LogP contribution in [0.2, 0.25) is 0 Å². The first-order chi connectivity index (χ1) is 28.8. The Morgan fingerprint density at radius 1 is 0.328 bits per heavy atom. The van der Waals surface area contributed by atoms with Crippen molar-refractivity contribution in [3.05, 3.63) is 247 Å². The maximum Gasteiger partial charge on any atom is 0.0754 e. The molecule has 0 N–H and O–H groups in total. The monoisotopic (exact) mass is 739 g/mol. The summed E-state index contributed by atoms with van der Waals surface area (Å²) in [6.07, 6.45) is 0. The van der Waals surface area contributed by atoms with Gasteiger partial charge in [-0.3, -0.25) is 0 Å². The van der Waals surface area contributed by atoms with Crippen molar-refractivity contribution in [1.82, 2.24) is 4.57 Å². The van der Waals surface area contributed by atoms with E-state index in [2.05, 4.69) is 239 Å². The molecule has 0 radical (unpaired) electrons. The fourth-order valence-electron chi connectivity index (χ4n) is 10.1. The molecular weight excluding hydrogens is 703 g/mol. The minimum absolute atomic E-state index is 0.564. The summed E-state index contributed by atoms with van der Waals surface area (Å²) in [7, 11) is 0. The highest BCUT2D eigenvalue weighted by molar-refractivity contribution is 6.09. The van der Waals surface area contributed by atoms with E-state index in [1.54, 1.807) is 0 Å². The molecule has 1 aromatic heterocycles. The number of anilines is 6. The smallest absolute Gasteiger partial charge is 0.0754 e. The van der Waals surface area contributed by atoms with Crippen LogP contribution in [-0.2, 0) is 5.41 Å². The standard InChI is InChI=1S/C55H37N3/c1-4-18-38(19-5-1)56(39-20-6-2-7-21-39)41-32-34-47-45(36-41)46-37-42(58-51-28-14-10-24-43(51)44-25-11-15-29-52(44)58)33-35-48(46)55(47)49-26-12-16-30-53(49)57(40-22-8-3-9-23-40)54-31-17-13-27-50(54)55/h1-37H. The zero-order chi connectivity index (χ0) is 38.2. The molecule has 0 amide bonds. The van der Waals surface area contributed by atoms with Crippen LogP contribution in [0.5, 0.6) is 0 Å². The van der Waals surface area contributed by atoms with E-state index in [4.69, 9.17) is 0 Å². The van der Waals surface area contributed by atoms with Crippen molar-refractivity contribution >= 4 is 55.9 Å². The second-order valence-electron chi connectivity index (χ2n) is 15.3. The number of hydrogen-bond donors (Lipinski definition) is 0. The molecule has 0 atom stereocenters. The fourth-order valence-corrected chi connectivity index (χ4v) is 10.1. The Bertz CT molecular complexity index is 3040. The molecule has 0 unspecified atom stereocenters. The second-order valence-corrected chi connectivity index (χ2v) is 15.3.